The molecule has 0 aliphatic carbocycles. The van der Waals surface area contributed by atoms with Crippen molar-refractivity contribution in [2.24, 2.45) is 11.3 Å². The van der Waals surface area contributed by atoms with Crippen molar-refractivity contribution in [3.05, 3.63) is 0 Å². The number of ether oxygens (including phenoxy) is 1. The van der Waals surface area contributed by atoms with Gasteiger partial charge in [-0.1, -0.05) is 34.1 Å². The summed E-state index contributed by atoms with van der Waals surface area (Å²) in [6.07, 6.45) is 3.66. The minimum absolute atomic E-state index is 0.380. The Labute approximate surface area is 121 Å². The fraction of sp³-hybridized carbons (Fsp3) is 1.00. The molecule has 3 heteroatoms. The van der Waals surface area contributed by atoms with Crippen LogP contribution >= 0.6 is 0 Å². The van der Waals surface area contributed by atoms with Gasteiger partial charge < -0.3 is 15.0 Å². The van der Waals surface area contributed by atoms with Crippen LogP contribution in [0.25, 0.3) is 0 Å². The molecule has 1 unspecified atom stereocenters. The van der Waals surface area contributed by atoms with Crippen LogP contribution < -0.4 is 5.32 Å². The maximum absolute atomic E-state index is 5.12. The van der Waals surface area contributed by atoms with Gasteiger partial charge in [-0.2, -0.15) is 0 Å². The van der Waals surface area contributed by atoms with Gasteiger partial charge in [-0.15, -0.1) is 0 Å². The standard InChI is InChI=1S/C16H36N2O/c1-7-9-16(4,13-17-12-15(2)3)14-18(5)10-8-11-19-6/h15,17H,7-14H2,1-6H3. The second-order valence-corrected chi connectivity index (χ2v) is 6.67. The van der Waals surface area contributed by atoms with Gasteiger partial charge in [-0.25, -0.2) is 0 Å². The molecule has 0 spiro atoms. The average Bonchev–Trinajstić information content (AvgIpc) is 2.28. The van der Waals surface area contributed by atoms with Crippen LogP contribution in [-0.4, -0.2) is 51.8 Å². The first-order valence-electron chi connectivity index (χ1n) is 7.81. The highest BCUT2D eigenvalue weighted by Gasteiger charge is 2.24. The molecular formula is C16H36N2O. The fourth-order valence-electron chi connectivity index (χ4n) is 2.70. The molecule has 0 fully saturated rings. The Kier molecular flexibility index (Phi) is 10.6. The molecule has 0 aromatic heterocycles. The SMILES string of the molecule is CCCC(C)(CNCC(C)C)CN(C)CCCOC. The van der Waals surface area contributed by atoms with Gasteiger partial charge in [-0.05, 0) is 37.8 Å². The predicted molar refractivity (Wildman–Crippen MR) is 84.7 cm³/mol. The van der Waals surface area contributed by atoms with Crippen molar-refractivity contribution < 1.29 is 4.74 Å². The lowest BCUT2D eigenvalue weighted by Crippen LogP contribution is -2.42. The fourth-order valence-corrected chi connectivity index (χ4v) is 2.70. The van der Waals surface area contributed by atoms with Crippen molar-refractivity contribution in [2.75, 3.05) is 46.9 Å². The van der Waals surface area contributed by atoms with Gasteiger partial charge in [0.1, 0.15) is 0 Å². The molecule has 0 aliphatic rings. The Hall–Kier alpha value is -0.120. The molecule has 0 saturated carbocycles. The van der Waals surface area contributed by atoms with Crippen LogP contribution in [-0.2, 0) is 4.74 Å². The van der Waals surface area contributed by atoms with Crippen molar-refractivity contribution in [2.45, 2.75) is 47.0 Å². The summed E-state index contributed by atoms with van der Waals surface area (Å²) in [5.41, 5.74) is 0.380. The number of nitrogens with zero attached hydrogens (tertiary/aromatic N) is 1. The molecule has 0 aromatic rings. The minimum atomic E-state index is 0.380. The number of rotatable bonds is 12. The van der Waals surface area contributed by atoms with Gasteiger partial charge in [0.25, 0.3) is 0 Å². The molecule has 1 atom stereocenters. The summed E-state index contributed by atoms with van der Waals surface area (Å²) in [7, 11) is 4.00. The highest BCUT2D eigenvalue weighted by atomic mass is 16.5. The largest absolute Gasteiger partial charge is 0.385 e. The summed E-state index contributed by atoms with van der Waals surface area (Å²) in [4.78, 5) is 2.45. The monoisotopic (exact) mass is 272 g/mol. The number of hydrogen-bond donors (Lipinski definition) is 1. The molecule has 0 radical (unpaired) electrons. The Morgan fingerprint density at radius 3 is 2.53 bits per heavy atom. The Morgan fingerprint density at radius 2 is 2.00 bits per heavy atom. The van der Waals surface area contributed by atoms with E-state index in [1.165, 1.54) is 12.8 Å². The normalized spacial score (nSPS) is 15.2. The van der Waals surface area contributed by atoms with Gasteiger partial charge in [0.15, 0.2) is 0 Å². The van der Waals surface area contributed by atoms with Gasteiger partial charge in [0.05, 0.1) is 0 Å². The Balaban J connectivity index is 4.11. The van der Waals surface area contributed by atoms with Crippen LogP contribution in [0.3, 0.4) is 0 Å². The van der Waals surface area contributed by atoms with E-state index < -0.39 is 0 Å². The molecule has 0 rings (SSSR count). The lowest BCUT2D eigenvalue weighted by atomic mass is 9.84. The van der Waals surface area contributed by atoms with E-state index in [9.17, 15) is 0 Å². The van der Waals surface area contributed by atoms with Crippen LogP contribution in [0, 0.1) is 11.3 Å². The zero-order valence-electron chi connectivity index (χ0n) is 14.1. The average molecular weight is 272 g/mol. The molecule has 0 amide bonds. The van der Waals surface area contributed by atoms with E-state index in [1.54, 1.807) is 7.11 Å². The molecule has 0 heterocycles. The van der Waals surface area contributed by atoms with Gasteiger partial charge in [0, 0.05) is 33.4 Å². The van der Waals surface area contributed by atoms with Gasteiger partial charge in [0.2, 0.25) is 0 Å². The molecule has 0 saturated heterocycles. The van der Waals surface area contributed by atoms with E-state index in [-0.39, 0.29) is 0 Å². The third-order valence-electron chi connectivity index (χ3n) is 3.50. The van der Waals surface area contributed by atoms with Crippen molar-refractivity contribution in [3.8, 4) is 0 Å². The van der Waals surface area contributed by atoms with Crippen LogP contribution in [0.15, 0.2) is 0 Å². The molecule has 19 heavy (non-hydrogen) atoms. The van der Waals surface area contributed by atoms with Gasteiger partial charge in [-0.3, -0.25) is 0 Å². The molecular weight excluding hydrogens is 236 g/mol. The zero-order chi connectivity index (χ0) is 14.7. The van der Waals surface area contributed by atoms with E-state index in [4.69, 9.17) is 4.74 Å². The Morgan fingerprint density at radius 1 is 1.32 bits per heavy atom. The molecule has 116 valence electrons. The predicted octanol–water partition coefficient (Wildman–Crippen LogP) is 3.01. The number of hydrogen-bond acceptors (Lipinski definition) is 3. The Bertz CT molecular complexity index is 209. The number of nitrogens with one attached hydrogen (secondary N) is 1. The zero-order valence-corrected chi connectivity index (χ0v) is 14.1. The van der Waals surface area contributed by atoms with E-state index in [2.05, 4.69) is 45.0 Å². The lowest BCUT2D eigenvalue weighted by Gasteiger charge is -2.34. The second kappa shape index (κ2) is 10.6. The third-order valence-corrected chi connectivity index (χ3v) is 3.50. The first-order chi connectivity index (χ1) is 8.93. The summed E-state index contributed by atoms with van der Waals surface area (Å²) >= 11 is 0. The van der Waals surface area contributed by atoms with E-state index in [0.29, 0.717) is 5.41 Å². The van der Waals surface area contributed by atoms with Crippen LogP contribution in [0.5, 0.6) is 0 Å². The first kappa shape index (κ1) is 18.9. The molecule has 0 aromatic carbocycles. The summed E-state index contributed by atoms with van der Waals surface area (Å²) in [5.74, 6) is 0.727. The highest BCUT2D eigenvalue weighted by Crippen LogP contribution is 2.23. The van der Waals surface area contributed by atoms with Crippen LogP contribution in [0.4, 0.5) is 0 Å². The maximum Gasteiger partial charge on any atom is 0.0474 e. The number of methoxy groups -OCH3 is 1. The molecule has 3 nitrogen and oxygen atoms in total. The smallest absolute Gasteiger partial charge is 0.0474 e. The topological polar surface area (TPSA) is 24.5 Å². The molecule has 1 N–H and O–H groups in total. The summed E-state index contributed by atoms with van der Waals surface area (Å²) in [6.45, 7) is 14.6. The maximum atomic E-state index is 5.12. The van der Waals surface area contributed by atoms with E-state index in [1.807, 2.05) is 0 Å². The lowest BCUT2D eigenvalue weighted by molar-refractivity contribution is 0.146. The second-order valence-electron chi connectivity index (χ2n) is 6.67. The van der Waals surface area contributed by atoms with E-state index >= 15 is 0 Å². The van der Waals surface area contributed by atoms with Crippen molar-refractivity contribution in [1.82, 2.24) is 10.2 Å². The van der Waals surface area contributed by atoms with Crippen molar-refractivity contribution >= 4 is 0 Å². The first-order valence-corrected chi connectivity index (χ1v) is 7.81. The third kappa shape index (κ3) is 10.3. The van der Waals surface area contributed by atoms with Crippen molar-refractivity contribution in [1.29, 1.82) is 0 Å². The summed E-state index contributed by atoms with van der Waals surface area (Å²) in [6, 6.07) is 0. The quantitative estimate of drug-likeness (QED) is 0.553. The molecule has 0 aliphatic heterocycles. The van der Waals surface area contributed by atoms with Crippen LogP contribution in [0.2, 0.25) is 0 Å². The highest BCUT2D eigenvalue weighted by molar-refractivity contribution is 4.80. The van der Waals surface area contributed by atoms with Gasteiger partial charge >= 0.3 is 0 Å². The summed E-state index contributed by atoms with van der Waals surface area (Å²) < 4.78 is 5.12. The minimum Gasteiger partial charge on any atom is -0.385 e. The van der Waals surface area contributed by atoms with E-state index in [0.717, 1.165) is 45.1 Å². The summed E-state index contributed by atoms with van der Waals surface area (Å²) in [5, 5.41) is 3.63. The van der Waals surface area contributed by atoms with Crippen LogP contribution in [0.1, 0.15) is 47.0 Å². The molecule has 0 bridgehead atoms. The van der Waals surface area contributed by atoms with Crippen molar-refractivity contribution in [3.63, 3.8) is 0 Å².